The van der Waals surface area contributed by atoms with Crippen molar-refractivity contribution >= 4 is 5.78 Å². The molecule has 104 valence electrons. The van der Waals surface area contributed by atoms with E-state index in [2.05, 4.69) is 0 Å². The summed E-state index contributed by atoms with van der Waals surface area (Å²) in [6.07, 6.45) is 0.892. The first-order valence-corrected chi connectivity index (χ1v) is 6.53. The molecular formula is C17H17FO2. The maximum Gasteiger partial charge on any atom is 0.175 e. The van der Waals surface area contributed by atoms with E-state index in [1.807, 2.05) is 31.2 Å². The highest BCUT2D eigenvalue weighted by Gasteiger charge is 2.15. The van der Waals surface area contributed by atoms with E-state index in [0.29, 0.717) is 6.42 Å². The maximum absolute atomic E-state index is 14.0. The van der Waals surface area contributed by atoms with Gasteiger partial charge in [0.25, 0.3) is 0 Å². The zero-order chi connectivity index (χ0) is 14.5. The Morgan fingerprint density at radius 1 is 1.15 bits per heavy atom. The average molecular weight is 272 g/mol. The first-order valence-electron chi connectivity index (χ1n) is 6.53. The second kappa shape index (κ2) is 6.33. The van der Waals surface area contributed by atoms with E-state index in [4.69, 9.17) is 4.74 Å². The van der Waals surface area contributed by atoms with E-state index in [-0.39, 0.29) is 23.5 Å². The van der Waals surface area contributed by atoms with Crippen molar-refractivity contribution in [2.75, 3.05) is 7.11 Å². The number of carbonyl (C=O) groups is 1. The van der Waals surface area contributed by atoms with Gasteiger partial charge in [-0.2, -0.15) is 0 Å². The van der Waals surface area contributed by atoms with Crippen LogP contribution in [0.2, 0.25) is 0 Å². The van der Waals surface area contributed by atoms with Crippen molar-refractivity contribution < 1.29 is 13.9 Å². The lowest BCUT2D eigenvalue weighted by Gasteiger charge is -2.07. The predicted molar refractivity (Wildman–Crippen MR) is 76.8 cm³/mol. The van der Waals surface area contributed by atoms with Gasteiger partial charge in [0.2, 0.25) is 0 Å². The standard InChI is InChI=1S/C17H17FO2/c1-12-6-8-13(9-7-12)10-11-15(19)14-4-3-5-16(20-2)17(14)18/h3-9H,10-11H2,1-2H3. The molecule has 0 fully saturated rings. The molecule has 0 aromatic heterocycles. The van der Waals surface area contributed by atoms with Crippen LogP contribution in [-0.2, 0) is 6.42 Å². The molecule has 0 amide bonds. The van der Waals surface area contributed by atoms with Gasteiger partial charge in [-0.3, -0.25) is 4.79 Å². The largest absolute Gasteiger partial charge is 0.494 e. The fourth-order valence-corrected chi connectivity index (χ4v) is 2.03. The highest BCUT2D eigenvalue weighted by Crippen LogP contribution is 2.21. The molecule has 0 aliphatic rings. The van der Waals surface area contributed by atoms with Crippen molar-refractivity contribution in [3.8, 4) is 5.75 Å². The third-order valence-electron chi connectivity index (χ3n) is 3.24. The molecule has 2 aromatic rings. The van der Waals surface area contributed by atoms with Crippen molar-refractivity contribution in [1.82, 2.24) is 0 Å². The third kappa shape index (κ3) is 3.23. The first kappa shape index (κ1) is 14.3. The Balaban J connectivity index is 2.07. The topological polar surface area (TPSA) is 26.3 Å². The maximum atomic E-state index is 14.0. The molecule has 2 rings (SSSR count). The van der Waals surface area contributed by atoms with Crippen LogP contribution in [-0.4, -0.2) is 12.9 Å². The third-order valence-corrected chi connectivity index (χ3v) is 3.24. The molecule has 0 N–H and O–H groups in total. The molecule has 0 bridgehead atoms. The second-order valence-electron chi connectivity index (χ2n) is 4.73. The number of benzene rings is 2. The zero-order valence-electron chi connectivity index (χ0n) is 11.7. The van der Waals surface area contributed by atoms with Gasteiger partial charge in [0.05, 0.1) is 12.7 Å². The van der Waals surface area contributed by atoms with Gasteiger partial charge in [-0.15, -0.1) is 0 Å². The molecule has 0 saturated heterocycles. The van der Waals surface area contributed by atoms with Crippen LogP contribution in [0.5, 0.6) is 5.75 Å². The van der Waals surface area contributed by atoms with Crippen LogP contribution in [0.3, 0.4) is 0 Å². The lowest BCUT2D eigenvalue weighted by molar-refractivity contribution is 0.0978. The second-order valence-corrected chi connectivity index (χ2v) is 4.73. The number of Topliss-reactive ketones (excluding diaryl/α,β-unsaturated/α-hetero) is 1. The summed E-state index contributed by atoms with van der Waals surface area (Å²) in [4.78, 5) is 12.1. The Morgan fingerprint density at radius 2 is 1.85 bits per heavy atom. The van der Waals surface area contributed by atoms with Gasteiger partial charge >= 0.3 is 0 Å². The molecule has 0 saturated carbocycles. The van der Waals surface area contributed by atoms with Crippen LogP contribution in [0.15, 0.2) is 42.5 Å². The molecule has 0 atom stereocenters. The van der Waals surface area contributed by atoms with Crippen molar-refractivity contribution in [1.29, 1.82) is 0 Å². The van der Waals surface area contributed by atoms with Crippen LogP contribution in [0, 0.1) is 12.7 Å². The van der Waals surface area contributed by atoms with Gasteiger partial charge in [0, 0.05) is 6.42 Å². The number of ether oxygens (including phenoxy) is 1. The van der Waals surface area contributed by atoms with Gasteiger partial charge in [-0.25, -0.2) is 4.39 Å². The van der Waals surface area contributed by atoms with E-state index >= 15 is 0 Å². The number of ketones is 1. The lowest BCUT2D eigenvalue weighted by atomic mass is 10.0. The number of hydrogen-bond acceptors (Lipinski definition) is 2. The van der Waals surface area contributed by atoms with Gasteiger partial charge < -0.3 is 4.74 Å². The Labute approximate surface area is 118 Å². The van der Waals surface area contributed by atoms with Crippen LogP contribution < -0.4 is 4.74 Å². The molecule has 0 spiro atoms. The van der Waals surface area contributed by atoms with Gasteiger partial charge in [-0.05, 0) is 31.0 Å². The Kier molecular flexibility index (Phi) is 4.51. The molecule has 0 heterocycles. The molecular weight excluding hydrogens is 255 g/mol. The van der Waals surface area contributed by atoms with E-state index in [9.17, 15) is 9.18 Å². The number of methoxy groups -OCH3 is 1. The SMILES string of the molecule is COc1cccc(C(=O)CCc2ccc(C)cc2)c1F. The van der Waals surface area contributed by atoms with Crippen LogP contribution in [0.1, 0.15) is 27.9 Å². The highest BCUT2D eigenvalue weighted by atomic mass is 19.1. The summed E-state index contributed by atoms with van der Waals surface area (Å²) in [5.41, 5.74) is 2.35. The highest BCUT2D eigenvalue weighted by molar-refractivity contribution is 5.96. The van der Waals surface area contributed by atoms with Gasteiger partial charge in [0.15, 0.2) is 17.3 Å². The summed E-state index contributed by atoms with van der Waals surface area (Å²) >= 11 is 0. The summed E-state index contributed by atoms with van der Waals surface area (Å²) in [5.74, 6) is -0.683. The molecule has 0 aliphatic carbocycles. The number of rotatable bonds is 5. The minimum atomic E-state index is -0.580. The van der Waals surface area contributed by atoms with Crippen molar-refractivity contribution in [3.05, 3.63) is 65.0 Å². The molecule has 0 radical (unpaired) electrons. The predicted octanol–water partition coefficient (Wildman–Crippen LogP) is 3.96. The summed E-state index contributed by atoms with van der Waals surface area (Å²) in [6.45, 7) is 2.01. The normalized spacial score (nSPS) is 10.3. The zero-order valence-corrected chi connectivity index (χ0v) is 11.7. The first-order chi connectivity index (χ1) is 9.61. The van der Waals surface area contributed by atoms with Gasteiger partial charge in [-0.1, -0.05) is 35.9 Å². The minimum Gasteiger partial charge on any atom is -0.494 e. The van der Waals surface area contributed by atoms with E-state index in [1.54, 1.807) is 6.07 Å². The smallest absolute Gasteiger partial charge is 0.175 e. The number of hydrogen-bond donors (Lipinski definition) is 0. The lowest BCUT2D eigenvalue weighted by Crippen LogP contribution is -2.05. The monoisotopic (exact) mass is 272 g/mol. The summed E-state index contributed by atoms with van der Waals surface area (Å²) < 4.78 is 18.8. The quantitative estimate of drug-likeness (QED) is 0.770. The van der Waals surface area contributed by atoms with E-state index in [0.717, 1.165) is 5.56 Å². The molecule has 3 heteroatoms. The Bertz CT molecular complexity index is 603. The number of aryl methyl sites for hydroxylation is 2. The molecule has 2 aromatic carbocycles. The van der Waals surface area contributed by atoms with Crippen LogP contribution in [0.4, 0.5) is 4.39 Å². The van der Waals surface area contributed by atoms with Crippen LogP contribution >= 0.6 is 0 Å². The number of halogens is 1. The molecule has 2 nitrogen and oxygen atoms in total. The van der Waals surface area contributed by atoms with Crippen molar-refractivity contribution in [3.63, 3.8) is 0 Å². The fraction of sp³-hybridized carbons (Fsp3) is 0.235. The Morgan fingerprint density at radius 3 is 2.50 bits per heavy atom. The minimum absolute atomic E-state index is 0.0939. The average Bonchev–Trinajstić information content (AvgIpc) is 2.46. The van der Waals surface area contributed by atoms with Crippen LogP contribution in [0.25, 0.3) is 0 Å². The summed E-state index contributed by atoms with van der Waals surface area (Å²) in [5, 5.41) is 0. The number of carbonyl (C=O) groups excluding carboxylic acids is 1. The fourth-order valence-electron chi connectivity index (χ4n) is 2.03. The summed E-state index contributed by atoms with van der Waals surface area (Å²) in [7, 11) is 1.39. The Hall–Kier alpha value is -2.16. The van der Waals surface area contributed by atoms with E-state index < -0.39 is 5.82 Å². The van der Waals surface area contributed by atoms with Crippen molar-refractivity contribution in [2.24, 2.45) is 0 Å². The molecule has 20 heavy (non-hydrogen) atoms. The van der Waals surface area contributed by atoms with Crippen molar-refractivity contribution in [2.45, 2.75) is 19.8 Å². The molecule has 0 unspecified atom stereocenters. The van der Waals surface area contributed by atoms with E-state index in [1.165, 1.54) is 24.8 Å². The molecule has 0 aliphatic heterocycles. The summed E-state index contributed by atoms with van der Waals surface area (Å²) in [6, 6.07) is 12.6. The van der Waals surface area contributed by atoms with Gasteiger partial charge in [0.1, 0.15) is 0 Å².